The number of hydrogen-bond donors (Lipinski definition) is 0. The van der Waals surface area contributed by atoms with Crippen LogP contribution in [0, 0.1) is 5.82 Å². The summed E-state index contributed by atoms with van der Waals surface area (Å²) in [7, 11) is 0. The van der Waals surface area contributed by atoms with Crippen molar-refractivity contribution in [3.8, 4) is 0 Å². The number of benzene rings is 1. The molecule has 3 rings (SSSR count). The number of halogens is 2. The molecular formula is C12H12ClFN2O. The summed E-state index contributed by atoms with van der Waals surface area (Å²) in [5.74, 6) is 0.840. The second-order valence-corrected chi connectivity index (χ2v) is 4.79. The lowest BCUT2D eigenvalue weighted by Gasteiger charge is -2.21. The van der Waals surface area contributed by atoms with Crippen LogP contribution in [0.3, 0.4) is 0 Å². The van der Waals surface area contributed by atoms with Gasteiger partial charge in [-0.2, -0.15) is 0 Å². The average molecular weight is 255 g/mol. The zero-order valence-corrected chi connectivity index (χ0v) is 9.95. The summed E-state index contributed by atoms with van der Waals surface area (Å²) in [6, 6.07) is 4.87. The second kappa shape index (κ2) is 4.18. The van der Waals surface area contributed by atoms with Gasteiger partial charge in [-0.1, -0.05) is 22.8 Å². The van der Waals surface area contributed by atoms with Gasteiger partial charge in [0.05, 0.1) is 6.54 Å². The van der Waals surface area contributed by atoms with Crippen LogP contribution in [-0.2, 0) is 4.84 Å². The van der Waals surface area contributed by atoms with E-state index >= 15 is 0 Å². The number of hydrogen-bond acceptors (Lipinski definition) is 3. The summed E-state index contributed by atoms with van der Waals surface area (Å²) in [5, 5.41) is 4.44. The molecule has 1 atom stereocenters. The van der Waals surface area contributed by atoms with Crippen LogP contribution in [0.4, 0.5) is 4.39 Å². The van der Waals surface area contributed by atoms with E-state index in [-0.39, 0.29) is 11.7 Å². The molecule has 2 aliphatic rings. The molecule has 3 nitrogen and oxygen atoms in total. The summed E-state index contributed by atoms with van der Waals surface area (Å²) in [5.41, 5.74) is 0.714. The van der Waals surface area contributed by atoms with Gasteiger partial charge in [0.1, 0.15) is 18.3 Å². The molecule has 17 heavy (non-hydrogen) atoms. The van der Waals surface area contributed by atoms with Crippen LogP contribution in [0.5, 0.6) is 0 Å². The minimum Gasteiger partial charge on any atom is -0.392 e. The van der Waals surface area contributed by atoms with Crippen LogP contribution in [0.1, 0.15) is 17.9 Å². The Labute approximate surface area is 104 Å². The lowest BCUT2D eigenvalue weighted by Crippen LogP contribution is -2.32. The van der Waals surface area contributed by atoms with Crippen molar-refractivity contribution in [2.75, 3.05) is 19.7 Å². The van der Waals surface area contributed by atoms with Crippen LogP contribution >= 0.6 is 11.6 Å². The van der Waals surface area contributed by atoms with E-state index in [0.29, 0.717) is 17.2 Å². The Kier molecular flexibility index (Phi) is 2.67. The maximum atomic E-state index is 13.8. The van der Waals surface area contributed by atoms with Gasteiger partial charge in [-0.3, -0.25) is 0 Å². The summed E-state index contributed by atoms with van der Waals surface area (Å²) in [4.78, 5) is 7.20. The molecule has 0 bridgehead atoms. The molecule has 1 aromatic carbocycles. The van der Waals surface area contributed by atoms with Crippen LogP contribution in [0.25, 0.3) is 0 Å². The first-order chi connectivity index (χ1) is 8.24. The largest absolute Gasteiger partial charge is 0.392 e. The van der Waals surface area contributed by atoms with Gasteiger partial charge in [0, 0.05) is 23.9 Å². The fourth-order valence-corrected chi connectivity index (χ4v) is 2.57. The van der Waals surface area contributed by atoms with Gasteiger partial charge in [0.25, 0.3) is 0 Å². The molecule has 0 saturated carbocycles. The highest BCUT2D eigenvalue weighted by Gasteiger charge is 2.32. The van der Waals surface area contributed by atoms with E-state index in [1.54, 1.807) is 12.1 Å². The molecule has 0 N–H and O–H groups in total. The van der Waals surface area contributed by atoms with E-state index in [9.17, 15) is 4.39 Å². The smallest absolute Gasteiger partial charge is 0.145 e. The van der Waals surface area contributed by atoms with Crippen LogP contribution in [0.15, 0.2) is 23.4 Å². The Morgan fingerprint density at radius 3 is 3.12 bits per heavy atom. The number of fused-ring (bicyclic) bond motifs is 1. The van der Waals surface area contributed by atoms with Gasteiger partial charge in [-0.25, -0.2) is 4.39 Å². The molecule has 1 fully saturated rings. The number of nitrogens with zero attached hydrogens (tertiary/aromatic N) is 2. The highest BCUT2D eigenvalue weighted by Crippen LogP contribution is 2.32. The van der Waals surface area contributed by atoms with Crippen molar-refractivity contribution in [3.05, 3.63) is 34.6 Å². The Morgan fingerprint density at radius 1 is 1.47 bits per heavy atom. The van der Waals surface area contributed by atoms with Crippen LogP contribution in [-0.4, -0.2) is 30.4 Å². The van der Waals surface area contributed by atoms with Crippen molar-refractivity contribution < 1.29 is 9.23 Å². The van der Waals surface area contributed by atoms with Crippen LogP contribution in [0.2, 0.25) is 5.02 Å². The first-order valence-corrected chi connectivity index (χ1v) is 6.00. The van der Waals surface area contributed by atoms with Crippen molar-refractivity contribution >= 4 is 17.4 Å². The molecule has 0 unspecified atom stereocenters. The zero-order valence-electron chi connectivity index (χ0n) is 9.20. The quantitative estimate of drug-likeness (QED) is 0.770. The normalized spacial score (nSPS) is 23.1. The highest BCUT2D eigenvalue weighted by atomic mass is 35.5. The molecule has 0 aromatic heterocycles. The van der Waals surface area contributed by atoms with Gasteiger partial charge in [0.15, 0.2) is 0 Å². The number of amidine groups is 1. The second-order valence-electron chi connectivity index (χ2n) is 4.35. The van der Waals surface area contributed by atoms with Crippen molar-refractivity contribution in [1.29, 1.82) is 0 Å². The maximum Gasteiger partial charge on any atom is 0.145 e. The first kappa shape index (κ1) is 10.8. The lowest BCUT2D eigenvalue weighted by atomic mass is 9.98. The summed E-state index contributed by atoms with van der Waals surface area (Å²) in [6.45, 7) is 2.25. The third kappa shape index (κ3) is 1.97. The predicted octanol–water partition coefficient (Wildman–Crippen LogP) is 2.61. The molecular weight excluding hydrogens is 243 g/mol. The van der Waals surface area contributed by atoms with E-state index in [2.05, 4.69) is 10.1 Å². The molecule has 2 aliphatic heterocycles. The molecule has 5 heteroatoms. The fourth-order valence-electron chi connectivity index (χ4n) is 2.41. The minimum absolute atomic E-state index is 0.146. The van der Waals surface area contributed by atoms with Gasteiger partial charge < -0.3 is 9.74 Å². The van der Waals surface area contributed by atoms with E-state index in [0.717, 1.165) is 25.3 Å². The molecule has 90 valence electrons. The first-order valence-electron chi connectivity index (χ1n) is 5.63. The van der Waals surface area contributed by atoms with Gasteiger partial charge >= 0.3 is 0 Å². The molecule has 2 heterocycles. The minimum atomic E-state index is -0.233. The fraction of sp³-hybridized carbons (Fsp3) is 0.417. The third-order valence-corrected chi connectivity index (χ3v) is 3.49. The number of oxime groups is 1. The zero-order chi connectivity index (χ0) is 11.8. The lowest BCUT2D eigenvalue weighted by molar-refractivity contribution is 0.106. The molecule has 0 radical (unpaired) electrons. The Balaban J connectivity index is 1.86. The third-order valence-electron chi connectivity index (χ3n) is 3.26. The SMILES string of the molecule is Fc1cc(Cl)ccc1[C@H]1CC2=NOCCN2C1. The Hall–Kier alpha value is -1.29. The topological polar surface area (TPSA) is 24.8 Å². The molecule has 0 amide bonds. The van der Waals surface area contributed by atoms with E-state index in [4.69, 9.17) is 16.4 Å². The molecule has 0 spiro atoms. The van der Waals surface area contributed by atoms with Crippen LogP contribution < -0.4 is 0 Å². The standard InChI is InChI=1S/C12H12ClFN2O/c13-9-1-2-10(11(14)6-9)8-5-12-15-17-4-3-16(12)7-8/h1-2,6,8H,3-5,7H2/t8-/m0/s1. The monoisotopic (exact) mass is 254 g/mol. The molecule has 1 aromatic rings. The maximum absolute atomic E-state index is 13.8. The van der Waals surface area contributed by atoms with E-state index in [1.807, 2.05) is 0 Å². The van der Waals surface area contributed by atoms with Gasteiger partial charge in [-0.05, 0) is 17.7 Å². The highest BCUT2D eigenvalue weighted by molar-refractivity contribution is 6.30. The average Bonchev–Trinajstić information content (AvgIpc) is 2.72. The van der Waals surface area contributed by atoms with Gasteiger partial charge in [0.2, 0.25) is 0 Å². The van der Waals surface area contributed by atoms with Crippen molar-refractivity contribution in [1.82, 2.24) is 4.90 Å². The van der Waals surface area contributed by atoms with Gasteiger partial charge in [-0.15, -0.1) is 0 Å². The predicted molar refractivity (Wildman–Crippen MR) is 63.7 cm³/mol. The molecule has 1 saturated heterocycles. The summed E-state index contributed by atoms with van der Waals surface area (Å²) < 4.78 is 13.8. The Morgan fingerprint density at radius 2 is 2.35 bits per heavy atom. The Bertz CT molecular complexity index is 478. The van der Waals surface area contributed by atoms with E-state index < -0.39 is 0 Å². The number of rotatable bonds is 1. The van der Waals surface area contributed by atoms with Crippen molar-refractivity contribution in [2.24, 2.45) is 5.16 Å². The van der Waals surface area contributed by atoms with Crippen molar-refractivity contribution in [2.45, 2.75) is 12.3 Å². The van der Waals surface area contributed by atoms with Crippen molar-refractivity contribution in [3.63, 3.8) is 0 Å². The summed E-state index contributed by atoms with van der Waals surface area (Å²) >= 11 is 5.75. The molecule has 0 aliphatic carbocycles. The van der Waals surface area contributed by atoms with E-state index in [1.165, 1.54) is 6.07 Å². The summed E-state index contributed by atoms with van der Waals surface area (Å²) in [6.07, 6.45) is 0.735.